The summed E-state index contributed by atoms with van der Waals surface area (Å²) in [7, 11) is 0. The van der Waals surface area contributed by atoms with Gasteiger partial charge >= 0.3 is 0 Å². The molecule has 45 heavy (non-hydrogen) atoms. The lowest BCUT2D eigenvalue weighted by Crippen LogP contribution is -2.28. The van der Waals surface area contributed by atoms with Gasteiger partial charge in [-0.2, -0.15) is 5.26 Å². The van der Waals surface area contributed by atoms with Crippen LogP contribution in [0.15, 0.2) is 152 Å². The topological polar surface area (TPSA) is 49.6 Å². The van der Waals surface area contributed by atoms with Crippen LogP contribution in [-0.2, 0) is 5.41 Å². The average Bonchev–Trinajstić information content (AvgIpc) is 3.41. The zero-order valence-electron chi connectivity index (χ0n) is 24.3. The quantitative estimate of drug-likeness (QED) is 0.157. The molecule has 0 amide bonds. The first-order valence-corrected chi connectivity index (χ1v) is 15.1. The van der Waals surface area contributed by atoms with Crippen LogP contribution in [0.5, 0.6) is 0 Å². The number of hydrogen-bond donors (Lipinski definition) is 0. The van der Waals surface area contributed by atoms with E-state index in [1.54, 1.807) is 0 Å². The largest absolute Gasteiger partial charge is 0.254 e. The molecule has 208 valence electrons. The molecule has 9 rings (SSSR count). The number of nitrogens with zero attached hydrogens (tertiary/aromatic N) is 3. The van der Waals surface area contributed by atoms with Gasteiger partial charge in [-0.25, -0.2) is 4.98 Å². The summed E-state index contributed by atoms with van der Waals surface area (Å²) in [4.78, 5) is 9.68. The van der Waals surface area contributed by atoms with Gasteiger partial charge in [-0.15, -0.1) is 0 Å². The third-order valence-corrected chi connectivity index (χ3v) is 9.36. The molecular weight excluding hydrogens is 546 g/mol. The van der Waals surface area contributed by atoms with Gasteiger partial charge in [0.1, 0.15) is 0 Å². The van der Waals surface area contributed by atoms with Crippen LogP contribution in [0.2, 0.25) is 0 Å². The second-order valence-corrected chi connectivity index (χ2v) is 11.7. The minimum atomic E-state index is -0.571. The summed E-state index contributed by atoms with van der Waals surface area (Å²) in [6.07, 6.45) is 1.83. The van der Waals surface area contributed by atoms with E-state index in [4.69, 9.17) is 4.98 Å². The number of nitriles is 1. The number of rotatable bonds is 3. The van der Waals surface area contributed by atoms with E-state index < -0.39 is 5.41 Å². The van der Waals surface area contributed by atoms with Crippen molar-refractivity contribution < 1.29 is 0 Å². The summed E-state index contributed by atoms with van der Waals surface area (Å²) in [5.41, 5.74) is 12.2. The number of aromatic nitrogens is 2. The number of pyridine rings is 2. The van der Waals surface area contributed by atoms with Crippen LogP contribution < -0.4 is 0 Å². The third-order valence-electron chi connectivity index (χ3n) is 9.36. The van der Waals surface area contributed by atoms with E-state index in [1.807, 2.05) is 18.3 Å². The summed E-state index contributed by atoms with van der Waals surface area (Å²) in [6, 6.07) is 53.8. The van der Waals surface area contributed by atoms with Crippen molar-refractivity contribution in [3.8, 4) is 28.3 Å². The van der Waals surface area contributed by atoms with Gasteiger partial charge in [-0.1, -0.05) is 103 Å². The molecule has 0 spiro atoms. The molecule has 2 heterocycles. The van der Waals surface area contributed by atoms with Crippen molar-refractivity contribution >= 4 is 32.7 Å². The van der Waals surface area contributed by atoms with Crippen LogP contribution in [0.1, 0.15) is 27.8 Å². The summed E-state index contributed by atoms with van der Waals surface area (Å²) in [6.45, 7) is 0. The molecule has 0 unspecified atom stereocenters. The Morgan fingerprint density at radius 1 is 0.511 bits per heavy atom. The van der Waals surface area contributed by atoms with Crippen LogP contribution in [0, 0.1) is 11.3 Å². The molecule has 6 aromatic carbocycles. The van der Waals surface area contributed by atoms with Crippen molar-refractivity contribution in [3.63, 3.8) is 0 Å². The monoisotopic (exact) mass is 571 g/mol. The molecular formula is C42H25N3. The molecule has 0 atom stereocenters. The molecule has 0 bridgehead atoms. The van der Waals surface area contributed by atoms with Crippen LogP contribution in [0.4, 0.5) is 0 Å². The summed E-state index contributed by atoms with van der Waals surface area (Å²) in [5.74, 6) is 0. The third kappa shape index (κ3) is 3.70. The SMILES string of the molecule is N#Cc1ccc2c(c1)C(c1ccccc1)(c1ccccc1)c1cc(-c3ccc4nc5c(ccc6cccnc65)cc4c3)ccc1-2. The smallest absolute Gasteiger partial charge is 0.0991 e. The predicted molar refractivity (Wildman–Crippen MR) is 182 cm³/mol. The van der Waals surface area contributed by atoms with Crippen molar-refractivity contribution in [1.82, 2.24) is 9.97 Å². The molecule has 3 heteroatoms. The van der Waals surface area contributed by atoms with E-state index in [9.17, 15) is 5.26 Å². The standard InChI is InChI=1S/C42H25N3/c43-26-27-13-18-35-36-19-16-30(25-38(36)42(37(35)22-27,33-9-3-1-4-10-33)34-11-5-2-6-12-34)29-17-20-39-32(23-29)24-31-15-14-28-8-7-21-44-40(28)41(31)45-39/h1-25H. The lowest BCUT2D eigenvalue weighted by atomic mass is 9.67. The molecule has 0 radical (unpaired) electrons. The summed E-state index contributed by atoms with van der Waals surface area (Å²) >= 11 is 0. The first kappa shape index (κ1) is 25.4. The predicted octanol–water partition coefficient (Wildman–Crippen LogP) is 9.84. The first-order valence-electron chi connectivity index (χ1n) is 15.1. The van der Waals surface area contributed by atoms with Gasteiger partial charge < -0.3 is 0 Å². The lowest BCUT2D eigenvalue weighted by molar-refractivity contribution is 0.768. The Kier molecular flexibility index (Phi) is 5.48. The van der Waals surface area contributed by atoms with Gasteiger partial charge in [0, 0.05) is 22.4 Å². The van der Waals surface area contributed by atoms with Crippen molar-refractivity contribution in [2.24, 2.45) is 0 Å². The molecule has 0 saturated heterocycles. The molecule has 0 saturated carbocycles. The zero-order chi connectivity index (χ0) is 30.0. The first-order chi connectivity index (χ1) is 22.2. The Bertz CT molecular complexity index is 2450. The van der Waals surface area contributed by atoms with Gasteiger partial charge in [0.05, 0.1) is 33.6 Å². The highest BCUT2D eigenvalue weighted by Crippen LogP contribution is 2.57. The van der Waals surface area contributed by atoms with E-state index in [0.29, 0.717) is 5.56 Å². The normalized spacial score (nSPS) is 13.0. The van der Waals surface area contributed by atoms with E-state index >= 15 is 0 Å². The molecule has 0 aliphatic heterocycles. The second-order valence-electron chi connectivity index (χ2n) is 11.7. The fraction of sp³-hybridized carbons (Fsp3) is 0.0238. The number of fused-ring (bicyclic) bond motifs is 7. The molecule has 0 fully saturated rings. The van der Waals surface area contributed by atoms with E-state index in [1.165, 1.54) is 27.8 Å². The fourth-order valence-corrected chi connectivity index (χ4v) is 7.36. The maximum Gasteiger partial charge on any atom is 0.0991 e. The van der Waals surface area contributed by atoms with Crippen molar-refractivity contribution in [1.29, 1.82) is 5.26 Å². The molecule has 2 aromatic heterocycles. The molecule has 3 nitrogen and oxygen atoms in total. The van der Waals surface area contributed by atoms with Crippen molar-refractivity contribution in [2.45, 2.75) is 5.41 Å². The Balaban J connectivity index is 1.29. The Morgan fingerprint density at radius 2 is 1.18 bits per heavy atom. The number of benzene rings is 6. The minimum absolute atomic E-state index is 0.571. The van der Waals surface area contributed by atoms with Gasteiger partial charge in [-0.05, 0) is 87.0 Å². The maximum absolute atomic E-state index is 9.94. The summed E-state index contributed by atoms with van der Waals surface area (Å²) < 4.78 is 0. The van der Waals surface area contributed by atoms with E-state index in [2.05, 4.69) is 145 Å². The van der Waals surface area contributed by atoms with Crippen molar-refractivity contribution in [2.75, 3.05) is 0 Å². The highest BCUT2D eigenvalue weighted by atomic mass is 14.7. The van der Waals surface area contributed by atoms with E-state index in [0.717, 1.165) is 49.4 Å². The fourth-order valence-electron chi connectivity index (χ4n) is 7.36. The second kappa shape index (κ2) is 9.71. The maximum atomic E-state index is 9.94. The zero-order valence-corrected chi connectivity index (χ0v) is 24.3. The average molecular weight is 572 g/mol. The van der Waals surface area contributed by atoms with Gasteiger partial charge in [0.2, 0.25) is 0 Å². The van der Waals surface area contributed by atoms with Crippen LogP contribution in [-0.4, -0.2) is 9.97 Å². The van der Waals surface area contributed by atoms with Crippen molar-refractivity contribution in [3.05, 3.63) is 180 Å². The Labute approximate surface area is 260 Å². The highest BCUT2D eigenvalue weighted by molar-refractivity contribution is 6.06. The molecule has 0 N–H and O–H groups in total. The van der Waals surface area contributed by atoms with Gasteiger partial charge in [0.25, 0.3) is 0 Å². The highest BCUT2D eigenvalue weighted by Gasteiger charge is 2.46. The van der Waals surface area contributed by atoms with Crippen LogP contribution in [0.25, 0.3) is 55.0 Å². The Morgan fingerprint density at radius 3 is 1.93 bits per heavy atom. The van der Waals surface area contributed by atoms with E-state index in [-0.39, 0.29) is 0 Å². The molecule has 8 aromatic rings. The minimum Gasteiger partial charge on any atom is -0.254 e. The number of hydrogen-bond acceptors (Lipinski definition) is 3. The van der Waals surface area contributed by atoms with Crippen LogP contribution in [0.3, 0.4) is 0 Å². The van der Waals surface area contributed by atoms with Gasteiger partial charge in [-0.3, -0.25) is 4.98 Å². The lowest BCUT2D eigenvalue weighted by Gasteiger charge is -2.34. The van der Waals surface area contributed by atoms with Gasteiger partial charge in [0.15, 0.2) is 0 Å². The Hall–Kier alpha value is -6.11. The summed E-state index contributed by atoms with van der Waals surface area (Å²) in [5, 5.41) is 13.2. The molecule has 1 aliphatic carbocycles. The van der Waals surface area contributed by atoms with Crippen LogP contribution >= 0.6 is 0 Å². The molecule has 1 aliphatic rings.